The number of thiocarbonyl (C=S) groups is 1. The summed E-state index contributed by atoms with van der Waals surface area (Å²) in [7, 11) is 1.64. The first kappa shape index (κ1) is 18.6. The van der Waals surface area contributed by atoms with Gasteiger partial charge in [0.15, 0.2) is 0 Å². The number of hydrogen-bond acceptors (Lipinski definition) is 5. The monoisotopic (exact) mass is 410 g/mol. The minimum atomic E-state index is -0.145. The fourth-order valence-electron chi connectivity index (χ4n) is 3.09. The summed E-state index contributed by atoms with van der Waals surface area (Å²) in [5.41, 5.74) is 2.08. The maximum Gasteiger partial charge on any atom is 0.263 e. The molecule has 2 aromatic carbocycles. The number of aromatic nitrogens is 1. The van der Waals surface area contributed by atoms with Crippen LogP contribution < -0.4 is 14.8 Å². The zero-order valence-corrected chi connectivity index (χ0v) is 16.8. The predicted molar refractivity (Wildman–Crippen MR) is 117 cm³/mol. The van der Waals surface area contributed by atoms with Crippen LogP contribution in [0.15, 0.2) is 59.6 Å². The number of fused-ring (bicyclic) bond motifs is 1. The van der Waals surface area contributed by atoms with Crippen LogP contribution >= 0.6 is 24.0 Å². The topological polar surface area (TPSA) is 52.5 Å². The van der Waals surface area contributed by atoms with E-state index in [1.54, 1.807) is 7.11 Å². The first-order valence-corrected chi connectivity index (χ1v) is 9.96. The standard InChI is InChI=1S/C21H18N2O3S2/c1-25-15-5-4-6-16(12-15)26-10-9-23-13-14(17-7-2-3-8-18(17)23)11-19-20(24)22-21(27)28-19/h2-8,11-13H,9-10H2,1H3,(H,22,24,27)/b19-11+. The summed E-state index contributed by atoms with van der Waals surface area (Å²) in [6, 6.07) is 15.7. The van der Waals surface area contributed by atoms with Gasteiger partial charge in [-0.2, -0.15) is 0 Å². The Labute approximate surface area is 172 Å². The highest BCUT2D eigenvalue weighted by molar-refractivity contribution is 8.26. The number of amides is 1. The molecule has 3 aromatic rings. The SMILES string of the molecule is COc1cccc(OCCn2cc(/C=C3/SC(=S)NC3=O)c3ccccc32)c1. The molecule has 2 heterocycles. The molecule has 4 rings (SSSR count). The highest BCUT2D eigenvalue weighted by atomic mass is 32.2. The Morgan fingerprint density at radius 2 is 2.00 bits per heavy atom. The van der Waals surface area contributed by atoms with Crippen LogP contribution in [0.4, 0.5) is 0 Å². The molecule has 7 heteroatoms. The van der Waals surface area contributed by atoms with E-state index in [0.29, 0.717) is 22.4 Å². The number of benzene rings is 2. The van der Waals surface area contributed by atoms with Gasteiger partial charge in [-0.05, 0) is 24.3 Å². The molecule has 0 bridgehead atoms. The van der Waals surface area contributed by atoms with E-state index in [2.05, 4.69) is 22.0 Å². The summed E-state index contributed by atoms with van der Waals surface area (Å²) in [6.45, 7) is 1.19. The molecule has 0 atom stereocenters. The Kier molecular flexibility index (Phi) is 5.36. The van der Waals surface area contributed by atoms with Crippen molar-refractivity contribution in [2.45, 2.75) is 6.54 Å². The predicted octanol–water partition coefficient (Wildman–Crippen LogP) is 4.22. The smallest absolute Gasteiger partial charge is 0.263 e. The molecule has 1 aromatic heterocycles. The summed E-state index contributed by atoms with van der Waals surface area (Å²) in [6.07, 6.45) is 3.93. The number of ether oxygens (including phenoxy) is 2. The molecular weight excluding hydrogens is 392 g/mol. The van der Waals surface area contributed by atoms with E-state index in [1.165, 1.54) is 11.8 Å². The van der Waals surface area contributed by atoms with Crippen LogP contribution in [0.3, 0.4) is 0 Å². The van der Waals surface area contributed by atoms with Crippen LogP contribution in [0, 0.1) is 0 Å². The number of methoxy groups -OCH3 is 1. The molecule has 1 fully saturated rings. The van der Waals surface area contributed by atoms with Gasteiger partial charge in [0.25, 0.3) is 5.91 Å². The van der Waals surface area contributed by atoms with E-state index in [1.807, 2.05) is 48.7 Å². The molecule has 0 unspecified atom stereocenters. The van der Waals surface area contributed by atoms with E-state index < -0.39 is 0 Å². The van der Waals surface area contributed by atoms with E-state index in [9.17, 15) is 4.79 Å². The van der Waals surface area contributed by atoms with Crippen LogP contribution in [-0.2, 0) is 11.3 Å². The Balaban J connectivity index is 1.55. The minimum absolute atomic E-state index is 0.145. The van der Waals surface area contributed by atoms with Gasteiger partial charge in [0.1, 0.15) is 22.4 Å². The van der Waals surface area contributed by atoms with Crippen molar-refractivity contribution in [2.75, 3.05) is 13.7 Å². The van der Waals surface area contributed by atoms with Crippen molar-refractivity contribution in [1.82, 2.24) is 9.88 Å². The number of carbonyl (C=O) groups excluding carboxylic acids is 1. The van der Waals surface area contributed by atoms with Gasteiger partial charge in [0.2, 0.25) is 0 Å². The quantitative estimate of drug-likeness (QED) is 0.487. The lowest BCUT2D eigenvalue weighted by molar-refractivity contribution is -0.115. The van der Waals surface area contributed by atoms with Crippen molar-refractivity contribution in [1.29, 1.82) is 0 Å². The van der Waals surface area contributed by atoms with Crippen LogP contribution in [-0.4, -0.2) is 28.5 Å². The fraction of sp³-hybridized carbons (Fsp3) is 0.143. The normalized spacial score (nSPS) is 15.2. The summed E-state index contributed by atoms with van der Waals surface area (Å²) < 4.78 is 13.7. The molecule has 142 valence electrons. The lowest BCUT2D eigenvalue weighted by atomic mass is 10.1. The zero-order chi connectivity index (χ0) is 19.5. The Morgan fingerprint density at radius 1 is 1.18 bits per heavy atom. The summed E-state index contributed by atoms with van der Waals surface area (Å²) in [5.74, 6) is 1.39. The molecule has 0 saturated carbocycles. The summed E-state index contributed by atoms with van der Waals surface area (Å²) >= 11 is 6.36. The molecule has 1 N–H and O–H groups in total. The van der Waals surface area contributed by atoms with Crippen molar-refractivity contribution in [2.24, 2.45) is 0 Å². The number of carbonyl (C=O) groups is 1. The Morgan fingerprint density at radius 3 is 2.79 bits per heavy atom. The molecule has 0 radical (unpaired) electrons. The third kappa shape index (κ3) is 3.90. The molecule has 1 aliphatic rings. The van der Waals surface area contributed by atoms with Gasteiger partial charge >= 0.3 is 0 Å². The second-order valence-corrected chi connectivity index (χ2v) is 7.89. The molecule has 1 saturated heterocycles. The van der Waals surface area contributed by atoms with E-state index in [-0.39, 0.29) is 5.91 Å². The molecule has 28 heavy (non-hydrogen) atoms. The number of nitrogens with zero attached hydrogens (tertiary/aromatic N) is 1. The number of rotatable bonds is 6. The third-order valence-electron chi connectivity index (χ3n) is 4.39. The van der Waals surface area contributed by atoms with Crippen LogP contribution in [0.5, 0.6) is 11.5 Å². The van der Waals surface area contributed by atoms with Gasteiger partial charge in [0.05, 0.1) is 18.6 Å². The average molecular weight is 411 g/mol. The number of para-hydroxylation sites is 1. The van der Waals surface area contributed by atoms with Crippen molar-refractivity contribution in [3.05, 3.63) is 65.2 Å². The lowest BCUT2D eigenvalue weighted by Crippen LogP contribution is -2.17. The highest BCUT2D eigenvalue weighted by Gasteiger charge is 2.22. The maximum atomic E-state index is 12.0. The van der Waals surface area contributed by atoms with Gasteiger partial charge in [-0.15, -0.1) is 0 Å². The molecular formula is C21H18N2O3S2. The van der Waals surface area contributed by atoms with Crippen LogP contribution in [0.1, 0.15) is 5.56 Å². The van der Waals surface area contributed by atoms with E-state index >= 15 is 0 Å². The summed E-state index contributed by atoms with van der Waals surface area (Å²) in [4.78, 5) is 12.6. The molecule has 1 amide bonds. The Hall–Kier alpha value is -2.77. The van der Waals surface area contributed by atoms with E-state index in [4.69, 9.17) is 21.7 Å². The van der Waals surface area contributed by atoms with Gasteiger partial charge in [-0.25, -0.2) is 0 Å². The fourth-order valence-corrected chi connectivity index (χ4v) is 4.13. The maximum absolute atomic E-state index is 12.0. The number of thioether (sulfide) groups is 1. The van der Waals surface area contributed by atoms with Crippen molar-refractivity contribution >= 4 is 51.2 Å². The van der Waals surface area contributed by atoms with Crippen molar-refractivity contribution in [3.63, 3.8) is 0 Å². The van der Waals surface area contributed by atoms with Gasteiger partial charge in [-0.1, -0.05) is 48.2 Å². The molecule has 0 aliphatic carbocycles. The lowest BCUT2D eigenvalue weighted by Gasteiger charge is -2.09. The van der Waals surface area contributed by atoms with Crippen LogP contribution in [0.2, 0.25) is 0 Å². The van der Waals surface area contributed by atoms with Gasteiger partial charge < -0.3 is 19.4 Å². The molecule has 0 spiro atoms. The molecule has 1 aliphatic heterocycles. The van der Waals surface area contributed by atoms with Crippen molar-refractivity contribution < 1.29 is 14.3 Å². The second-order valence-electron chi connectivity index (χ2n) is 6.17. The van der Waals surface area contributed by atoms with Crippen molar-refractivity contribution in [3.8, 4) is 11.5 Å². The largest absolute Gasteiger partial charge is 0.497 e. The number of hydrogen-bond donors (Lipinski definition) is 1. The summed E-state index contributed by atoms with van der Waals surface area (Å²) in [5, 5.41) is 3.74. The number of nitrogens with one attached hydrogen (secondary N) is 1. The van der Waals surface area contributed by atoms with Gasteiger partial charge in [0, 0.05) is 28.7 Å². The highest BCUT2D eigenvalue weighted by Crippen LogP contribution is 2.30. The first-order chi connectivity index (χ1) is 13.6. The molecule has 5 nitrogen and oxygen atoms in total. The second kappa shape index (κ2) is 8.08. The first-order valence-electron chi connectivity index (χ1n) is 8.73. The zero-order valence-electron chi connectivity index (χ0n) is 15.2. The minimum Gasteiger partial charge on any atom is -0.497 e. The van der Waals surface area contributed by atoms with Gasteiger partial charge in [-0.3, -0.25) is 4.79 Å². The Bertz CT molecular complexity index is 1090. The van der Waals surface area contributed by atoms with Crippen LogP contribution in [0.25, 0.3) is 17.0 Å². The third-order valence-corrected chi connectivity index (χ3v) is 5.55. The van der Waals surface area contributed by atoms with E-state index in [0.717, 1.165) is 28.0 Å². The average Bonchev–Trinajstić information content (AvgIpc) is 3.21.